The van der Waals surface area contributed by atoms with E-state index in [1.807, 2.05) is 13.8 Å². The largest absolute Gasteiger partial charge is 0.494 e. The summed E-state index contributed by atoms with van der Waals surface area (Å²) in [7, 11) is 1.62. The van der Waals surface area contributed by atoms with Crippen LogP contribution in [0.3, 0.4) is 0 Å². The summed E-state index contributed by atoms with van der Waals surface area (Å²) in [5.74, 6) is 0.101. The zero-order chi connectivity index (χ0) is 12.1. The van der Waals surface area contributed by atoms with Crippen molar-refractivity contribution in [3.8, 4) is 5.88 Å². The third kappa shape index (κ3) is 2.64. The average molecular weight is 225 g/mol. The van der Waals surface area contributed by atoms with E-state index in [0.717, 1.165) is 24.0 Å². The van der Waals surface area contributed by atoms with Gasteiger partial charge < -0.3 is 9.84 Å². The molecule has 0 saturated heterocycles. The quantitative estimate of drug-likeness (QED) is 0.772. The fraction of sp³-hybridized carbons (Fsp3) is 0.583. The van der Waals surface area contributed by atoms with Crippen LogP contribution in [0.4, 0.5) is 0 Å². The average Bonchev–Trinajstić information content (AvgIpc) is 2.23. The van der Waals surface area contributed by atoms with Gasteiger partial charge in [0.2, 0.25) is 0 Å². The van der Waals surface area contributed by atoms with Gasteiger partial charge in [0.15, 0.2) is 5.88 Å². The van der Waals surface area contributed by atoms with Crippen molar-refractivity contribution in [3.63, 3.8) is 0 Å². The van der Waals surface area contributed by atoms with E-state index in [9.17, 15) is 9.90 Å². The van der Waals surface area contributed by atoms with Crippen LogP contribution in [-0.2, 0) is 17.7 Å². The number of pyridine rings is 1. The van der Waals surface area contributed by atoms with Crippen LogP contribution < -0.4 is 5.56 Å². The smallest absolute Gasteiger partial charge is 0.253 e. The Morgan fingerprint density at radius 3 is 2.75 bits per heavy atom. The summed E-state index contributed by atoms with van der Waals surface area (Å²) in [6.07, 6.45) is 1.44. The Balaban J connectivity index is 3.03. The Morgan fingerprint density at radius 2 is 2.19 bits per heavy atom. The molecule has 0 bridgehead atoms. The zero-order valence-corrected chi connectivity index (χ0v) is 10.1. The van der Waals surface area contributed by atoms with E-state index in [0.29, 0.717) is 13.2 Å². The molecule has 1 rings (SSSR count). The van der Waals surface area contributed by atoms with Gasteiger partial charge in [-0.25, -0.2) is 0 Å². The maximum Gasteiger partial charge on any atom is 0.253 e. The van der Waals surface area contributed by atoms with Gasteiger partial charge in [0, 0.05) is 31.9 Å². The van der Waals surface area contributed by atoms with Crippen LogP contribution in [0.2, 0.25) is 0 Å². The lowest BCUT2D eigenvalue weighted by molar-refractivity contribution is 0.188. The minimum atomic E-state index is -0.150. The number of aromatic hydroxyl groups is 1. The first-order chi connectivity index (χ1) is 7.61. The number of ether oxygens (including phenoxy) is 1. The van der Waals surface area contributed by atoms with Crippen molar-refractivity contribution in [2.45, 2.75) is 33.2 Å². The molecule has 0 atom stereocenters. The van der Waals surface area contributed by atoms with Crippen molar-refractivity contribution in [1.82, 2.24) is 4.57 Å². The van der Waals surface area contributed by atoms with E-state index in [2.05, 4.69) is 0 Å². The molecule has 1 heterocycles. The van der Waals surface area contributed by atoms with Gasteiger partial charge in [-0.15, -0.1) is 0 Å². The van der Waals surface area contributed by atoms with Crippen molar-refractivity contribution >= 4 is 0 Å². The van der Waals surface area contributed by atoms with E-state index in [4.69, 9.17) is 4.74 Å². The first-order valence-corrected chi connectivity index (χ1v) is 5.53. The molecule has 0 aromatic carbocycles. The summed E-state index contributed by atoms with van der Waals surface area (Å²) in [6, 6.07) is 1.57. The van der Waals surface area contributed by atoms with Crippen molar-refractivity contribution in [2.24, 2.45) is 0 Å². The maximum absolute atomic E-state index is 11.7. The maximum atomic E-state index is 11.7. The molecule has 0 spiro atoms. The van der Waals surface area contributed by atoms with Gasteiger partial charge in [-0.1, -0.05) is 6.92 Å². The highest BCUT2D eigenvalue weighted by molar-refractivity contribution is 5.33. The van der Waals surface area contributed by atoms with Gasteiger partial charge in [-0.05, 0) is 25.3 Å². The number of methoxy groups -OCH3 is 1. The van der Waals surface area contributed by atoms with Crippen molar-refractivity contribution < 1.29 is 9.84 Å². The van der Waals surface area contributed by atoms with Crippen LogP contribution in [0, 0.1) is 6.92 Å². The molecular formula is C12H19NO3. The van der Waals surface area contributed by atoms with Crippen LogP contribution in [0.15, 0.2) is 10.9 Å². The molecule has 0 aliphatic rings. The fourth-order valence-corrected chi connectivity index (χ4v) is 1.81. The zero-order valence-electron chi connectivity index (χ0n) is 10.1. The lowest BCUT2D eigenvalue weighted by Gasteiger charge is -2.13. The first-order valence-electron chi connectivity index (χ1n) is 5.53. The molecule has 0 amide bonds. The third-order valence-electron chi connectivity index (χ3n) is 2.69. The van der Waals surface area contributed by atoms with Gasteiger partial charge in [0.1, 0.15) is 0 Å². The predicted molar refractivity (Wildman–Crippen MR) is 63.0 cm³/mol. The Morgan fingerprint density at radius 1 is 1.50 bits per heavy atom. The lowest BCUT2D eigenvalue weighted by Crippen LogP contribution is -2.21. The highest BCUT2D eigenvalue weighted by atomic mass is 16.5. The van der Waals surface area contributed by atoms with Gasteiger partial charge in [0.05, 0.1) is 0 Å². The number of rotatable bonds is 5. The van der Waals surface area contributed by atoms with Crippen LogP contribution in [0.1, 0.15) is 24.5 Å². The Hall–Kier alpha value is -1.29. The molecule has 0 radical (unpaired) electrons. The fourth-order valence-electron chi connectivity index (χ4n) is 1.81. The Labute approximate surface area is 95.5 Å². The van der Waals surface area contributed by atoms with Crippen LogP contribution >= 0.6 is 0 Å². The molecule has 0 unspecified atom stereocenters. The minimum absolute atomic E-state index is 0.101. The van der Waals surface area contributed by atoms with Crippen LogP contribution in [-0.4, -0.2) is 23.4 Å². The lowest BCUT2D eigenvalue weighted by atomic mass is 10.1. The van der Waals surface area contributed by atoms with E-state index in [1.54, 1.807) is 13.2 Å². The third-order valence-corrected chi connectivity index (χ3v) is 2.69. The molecule has 16 heavy (non-hydrogen) atoms. The molecule has 0 aliphatic heterocycles. The summed E-state index contributed by atoms with van der Waals surface area (Å²) in [5, 5.41) is 9.97. The van der Waals surface area contributed by atoms with Gasteiger partial charge in [-0.3, -0.25) is 9.36 Å². The van der Waals surface area contributed by atoms with Gasteiger partial charge >= 0.3 is 0 Å². The topological polar surface area (TPSA) is 51.5 Å². The number of aryl methyl sites for hydroxylation is 1. The molecule has 0 fully saturated rings. The highest BCUT2D eigenvalue weighted by Crippen LogP contribution is 2.19. The van der Waals surface area contributed by atoms with E-state index in [-0.39, 0.29) is 11.4 Å². The summed E-state index contributed by atoms with van der Waals surface area (Å²) >= 11 is 0. The number of hydrogen-bond donors (Lipinski definition) is 1. The minimum Gasteiger partial charge on any atom is -0.494 e. The molecule has 1 aromatic heterocycles. The normalized spacial score (nSPS) is 10.7. The van der Waals surface area contributed by atoms with E-state index in [1.165, 1.54) is 4.57 Å². The van der Waals surface area contributed by atoms with Crippen molar-refractivity contribution in [3.05, 3.63) is 27.5 Å². The predicted octanol–water partition coefficient (Wildman–Crippen LogP) is 1.46. The number of aromatic nitrogens is 1. The molecular weight excluding hydrogens is 206 g/mol. The summed E-state index contributed by atoms with van der Waals surface area (Å²) in [6.45, 7) is 4.89. The van der Waals surface area contributed by atoms with E-state index < -0.39 is 0 Å². The monoisotopic (exact) mass is 225 g/mol. The summed E-state index contributed by atoms with van der Waals surface area (Å²) < 4.78 is 6.33. The number of nitrogens with zero attached hydrogens (tertiary/aromatic N) is 1. The molecule has 0 saturated carbocycles. The summed E-state index contributed by atoms with van der Waals surface area (Å²) in [5.41, 5.74) is 1.55. The van der Waals surface area contributed by atoms with Crippen molar-refractivity contribution in [1.29, 1.82) is 0 Å². The second-order valence-corrected chi connectivity index (χ2v) is 3.82. The van der Waals surface area contributed by atoms with Crippen LogP contribution in [0.5, 0.6) is 5.88 Å². The second kappa shape index (κ2) is 5.70. The van der Waals surface area contributed by atoms with E-state index >= 15 is 0 Å². The van der Waals surface area contributed by atoms with Crippen LogP contribution in [0.25, 0.3) is 0 Å². The molecule has 4 nitrogen and oxygen atoms in total. The summed E-state index contributed by atoms with van der Waals surface area (Å²) in [4.78, 5) is 11.7. The molecule has 90 valence electrons. The van der Waals surface area contributed by atoms with Gasteiger partial charge in [-0.2, -0.15) is 0 Å². The molecule has 0 aliphatic carbocycles. The Kier molecular flexibility index (Phi) is 4.55. The number of hydrogen-bond acceptors (Lipinski definition) is 3. The highest BCUT2D eigenvalue weighted by Gasteiger charge is 2.10. The molecule has 1 aromatic rings. The second-order valence-electron chi connectivity index (χ2n) is 3.82. The van der Waals surface area contributed by atoms with Gasteiger partial charge in [0.25, 0.3) is 5.56 Å². The van der Waals surface area contributed by atoms with Crippen molar-refractivity contribution in [2.75, 3.05) is 13.7 Å². The SMILES string of the molecule is CCc1c(C)cc(=O)n(CCCOC)c1O. The molecule has 4 heteroatoms. The Bertz CT molecular complexity index is 409. The first kappa shape index (κ1) is 12.8. The standard InChI is InChI=1S/C12H19NO3/c1-4-10-9(2)8-11(14)13(12(10)15)6-5-7-16-3/h8,15H,4-7H2,1-3H3. The molecule has 1 N–H and O–H groups in total.